The fourth-order valence-corrected chi connectivity index (χ4v) is 2.09. The summed E-state index contributed by atoms with van der Waals surface area (Å²) < 4.78 is 5.60. The number of aliphatic imine (C=N–C) groups is 1. The molecule has 0 bridgehead atoms. The summed E-state index contributed by atoms with van der Waals surface area (Å²) in [6, 6.07) is 13.6. The highest BCUT2D eigenvalue weighted by Crippen LogP contribution is 2.15. The second kappa shape index (κ2) is 7.32. The Morgan fingerprint density at radius 2 is 2.18 bits per heavy atom. The van der Waals surface area contributed by atoms with E-state index in [4.69, 9.17) is 9.68 Å². The summed E-state index contributed by atoms with van der Waals surface area (Å²) in [5.74, 6) is 2.44. The lowest BCUT2D eigenvalue weighted by Gasteiger charge is -2.16. The van der Waals surface area contributed by atoms with E-state index in [9.17, 15) is 0 Å². The van der Waals surface area contributed by atoms with Crippen molar-refractivity contribution >= 4 is 5.96 Å². The van der Waals surface area contributed by atoms with Crippen LogP contribution < -0.4 is 10.6 Å². The van der Waals surface area contributed by atoms with Crippen LogP contribution in [0.5, 0.6) is 0 Å². The molecule has 5 nitrogen and oxygen atoms in total. The van der Waals surface area contributed by atoms with Crippen LogP contribution >= 0.6 is 0 Å². The van der Waals surface area contributed by atoms with E-state index in [1.54, 1.807) is 13.1 Å². The molecule has 0 saturated heterocycles. The summed E-state index contributed by atoms with van der Waals surface area (Å²) in [6.45, 7) is 4.53. The lowest BCUT2D eigenvalue weighted by molar-refractivity contribution is 0.441. The Morgan fingerprint density at radius 1 is 1.36 bits per heavy atom. The number of nitrogens with one attached hydrogen (secondary N) is 2. The smallest absolute Gasteiger partial charge is 0.191 e. The van der Waals surface area contributed by atoms with Gasteiger partial charge in [0.05, 0.1) is 17.7 Å². The van der Waals surface area contributed by atoms with Gasteiger partial charge in [0.2, 0.25) is 0 Å². The van der Waals surface area contributed by atoms with Crippen LogP contribution in [0, 0.1) is 18.3 Å². The van der Waals surface area contributed by atoms with Gasteiger partial charge in [-0.25, -0.2) is 0 Å². The molecule has 22 heavy (non-hydrogen) atoms. The predicted octanol–water partition coefficient (Wildman–Crippen LogP) is 2.89. The highest BCUT2D eigenvalue weighted by molar-refractivity contribution is 5.80. The van der Waals surface area contributed by atoms with Gasteiger partial charge >= 0.3 is 0 Å². The Balaban J connectivity index is 1.94. The van der Waals surface area contributed by atoms with Gasteiger partial charge in [-0.1, -0.05) is 12.1 Å². The summed E-state index contributed by atoms with van der Waals surface area (Å²) in [7, 11) is 1.72. The zero-order chi connectivity index (χ0) is 15.9. The molecule has 1 aromatic heterocycles. The molecule has 0 spiro atoms. The molecule has 0 aliphatic rings. The lowest BCUT2D eigenvalue weighted by atomic mass is 10.1. The monoisotopic (exact) mass is 296 g/mol. The van der Waals surface area contributed by atoms with Crippen LogP contribution in [0.1, 0.15) is 35.6 Å². The maximum absolute atomic E-state index is 8.92. The SMILES string of the molecule is CN=C(NCc1cccc(C#N)c1)NC(C)c1ccc(C)o1. The first kappa shape index (κ1) is 15.6. The number of rotatable bonds is 4. The summed E-state index contributed by atoms with van der Waals surface area (Å²) in [4.78, 5) is 4.21. The van der Waals surface area contributed by atoms with Crippen LogP contribution in [0.4, 0.5) is 0 Å². The second-order valence-electron chi connectivity index (χ2n) is 5.05. The molecule has 0 amide bonds. The third kappa shape index (κ3) is 4.13. The maximum Gasteiger partial charge on any atom is 0.191 e. The molecule has 0 radical (unpaired) electrons. The fraction of sp³-hybridized carbons (Fsp3) is 0.294. The van der Waals surface area contributed by atoms with Crippen LogP contribution in [-0.2, 0) is 6.54 Å². The number of nitrogens with zero attached hydrogens (tertiary/aromatic N) is 2. The van der Waals surface area contributed by atoms with Gasteiger partial charge in [0.25, 0.3) is 0 Å². The largest absolute Gasteiger partial charge is 0.464 e. The highest BCUT2D eigenvalue weighted by Gasteiger charge is 2.11. The minimum absolute atomic E-state index is 0.0188. The van der Waals surface area contributed by atoms with Crippen molar-refractivity contribution in [3.8, 4) is 6.07 Å². The maximum atomic E-state index is 8.92. The molecular weight excluding hydrogens is 276 g/mol. The molecular formula is C17H20N4O. The standard InChI is InChI=1S/C17H20N4O/c1-12-7-8-16(22-12)13(2)21-17(19-3)20-11-15-6-4-5-14(9-15)10-18/h4-9,13H,11H2,1-3H3,(H2,19,20,21). The third-order valence-electron chi connectivity index (χ3n) is 3.28. The van der Waals surface area contributed by atoms with Gasteiger partial charge in [-0.2, -0.15) is 5.26 Å². The van der Waals surface area contributed by atoms with Crippen LogP contribution in [0.3, 0.4) is 0 Å². The topological polar surface area (TPSA) is 73.3 Å². The van der Waals surface area contributed by atoms with Crippen molar-refractivity contribution < 1.29 is 4.42 Å². The number of hydrogen-bond acceptors (Lipinski definition) is 3. The van der Waals surface area contributed by atoms with E-state index >= 15 is 0 Å². The molecule has 0 saturated carbocycles. The Morgan fingerprint density at radius 3 is 2.82 bits per heavy atom. The molecule has 0 aliphatic carbocycles. The Kier molecular flexibility index (Phi) is 5.21. The summed E-state index contributed by atoms with van der Waals surface area (Å²) in [5, 5.41) is 15.4. The first-order chi connectivity index (χ1) is 10.6. The minimum Gasteiger partial charge on any atom is -0.464 e. The fourth-order valence-electron chi connectivity index (χ4n) is 2.09. The number of hydrogen-bond donors (Lipinski definition) is 2. The third-order valence-corrected chi connectivity index (χ3v) is 3.28. The second-order valence-corrected chi connectivity index (χ2v) is 5.05. The quantitative estimate of drug-likeness (QED) is 0.672. The number of benzene rings is 1. The molecule has 114 valence electrons. The van der Waals surface area contributed by atoms with E-state index in [1.807, 2.05) is 44.2 Å². The van der Waals surface area contributed by atoms with E-state index in [1.165, 1.54) is 0 Å². The minimum atomic E-state index is 0.0188. The van der Waals surface area contributed by atoms with Crippen LogP contribution in [-0.4, -0.2) is 13.0 Å². The molecule has 1 unspecified atom stereocenters. The van der Waals surface area contributed by atoms with Crippen molar-refractivity contribution in [1.82, 2.24) is 10.6 Å². The highest BCUT2D eigenvalue weighted by atomic mass is 16.3. The lowest BCUT2D eigenvalue weighted by Crippen LogP contribution is -2.38. The van der Waals surface area contributed by atoms with Gasteiger partial charge in [-0.3, -0.25) is 4.99 Å². The number of furan rings is 1. The number of nitriles is 1. The zero-order valence-corrected chi connectivity index (χ0v) is 13.1. The normalized spacial score (nSPS) is 12.5. The zero-order valence-electron chi connectivity index (χ0n) is 13.1. The molecule has 0 aliphatic heterocycles. The summed E-state index contributed by atoms with van der Waals surface area (Å²) in [6.07, 6.45) is 0. The predicted molar refractivity (Wildman–Crippen MR) is 86.4 cm³/mol. The molecule has 2 aromatic rings. The van der Waals surface area contributed by atoms with Crippen molar-refractivity contribution in [2.45, 2.75) is 26.4 Å². The van der Waals surface area contributed by atoms with Gasteiger partial charge < -0.3 is 15.1 Å². The molecule has 0 fully saturated rings. The summed E-state index contributed by atoms with van der Waals surface area (Å²) in [5.41, 5.74) is 1.69. The van der Waals surface area contributed by atoms with Crippen molar-refractivity contribution in [1.29, 1.82) is 5.26 Å². The Labute approximate surface area is 130 Å². The van der Waals surface area contributed by atoms with Crippen LogP contribution in [0.25, 0.3) is 0 Å². The Bertz CT molecular complexity index is 697. The molecule has 2 rings (SSSR count). The van der Waals surface area contributed by atoms with E-state index in [2.05, 4.69) is 21.7 Å². The molecule has 1 atom stereocenters. The van der Waals surface area contributed by atoms with Gasteiger partial charge in [0.1, 0.15) is 11.5 Å². The average molecular weight is 296 g/mol. The Hall–Kier alpha value is -2.74. The molecule has 2 N–H and O–H groups in total. The molecule has 1 aromatic carbocycles. The van der Waals surface area contributed by atoms with Crippen LogP contribution in [0.15, 0.2) is 45.8 Å². The van der Waals surface area contributed by atoms with Crippen molar-refractivity contribution in [3.63, 3.8) is 0 Å². The summed E-state index contributed by atoms with van der Waals surface area (Å²) >= 11 is 0. The van der Waals surface area contributed by atoms with Crippen LogP contribution in [0.2, 0.25) is 0 Å². The van der Waals surface area contributed by atoms with E-state index in [-0.39, 0.29) is 6.04 Å². The van der Waals surface area contributed by atoms with E-state index in [0.29, 0.717) is 18.1 Å². The van der Waals surface area contributed by atoms with Crippen molar-refractivity contribution in [2.75, 3.05) is 7.05 Å². The van der Waals surface area contributed by atoms with Gasteiger partial charge in [0, 0.05) is 13.6 Å². The molecule has 5 heteroatoms. The van der Waals surface area contributed by atoms with Crippen molar-refractivity contribution in [2.24, 2.45) is 4.99 Å². The van der Waals surface area contributed by atoms with Gasteiger partial charge in [0.15, 0.2) is 5.96 Å². The first-order valence-electron chi connectivity index (χ1n) is 7.15. The van der Waals surface area contributed by atoms with Gasteiger partial charge in [-0.05, 0) is 43.7 Å². The van der Waals surface area contributed by atoms with E-state index in [0.717, 1.165) is 17.1 Å². The number of guanidine groups is 1. The van der Waals surface area contributed by atoms with E-state index < -0.39 is 0 Å². The molecule has 1 heterocycles. The average Bonchev–Trinajstić information content (AvgIpc) is 2.98. The van der Waals surface area contributed by atoms with Gasteiger partial charge in [-0.15, -0.1) is 0 Å². The van der Waals surface area contributed by atoms with Crippen molar-refractivity contribution in [3.05, 3.63) is 59.0 Å². The first-order valence-corrected chi connectivity index (χ1v) is 7.15. The number of aryl methyl sites for hydroxylation is 1.